The number of carbonyl (C=O) groups excluding carboxylic acids is 1. The van der Waals surface area contributed by atoms with Crippen molar-refractivity contribution in [2.75, 3.05) is 0 Å². The number of ether oxygens (including phenoxy) is 1. The van der Waals surface area contributed by atoms with Crippen LogP contribution in [0.4, 0.5) is 4.39 Å². The van der Waals surface area contributed by atoms with Gasteiger partial charge in [0.2, 0.25) is 0 Å². The lowest BCUT2D eigenvalue weighted by molar-refractivity contribution is 0.0329. The van der Waals surface area contributed by atoms with Gasteiger partial charge in [-0.15, -0.1) is 0 Å². The van der Waals surface area contributed by atoms with Crippen LogP contribution in [0, 0.1) is 5.82 Å². The van der Waals surface area contributed by atoms with Crippen LogP contribution in [0.1, 0.15) is 30.6 Å². The predicted octanol–water partition coefficient (Wildman–Crippen LogP) is 2.18. The van der Waals surface area contributed by atoms with E-state index in [9.17, 15) is 9.18 Å². The highest BCUT2D eigenvalue weighted by atomic mass is 19.1. The number of rotatable bonds is 3. The van der Waals surface area contributed by atoms with Crippen LogP contribution in [-0.4, -0.2) is 17.1 Å². The second kappa shape index (κ2) is 4.69. The third kappa shape index (κ3) is 2.52. The van der Waals surface area contributed by atoms with Crippen molar-refractivity contribution < 1.29 is 13.9 Å². The quantitative estimate of drug-likeness (QED) is 0.697. The van der Waals surface area contributed by atoms with Gasteiger partial charge in [-0.05, 0) is 19.4 Å². The summed E-state index contributed by atoms with van der Waals surface area (Å²) in [5.74, 6) is -1.29. The molecule has 1 aromatic rings. The Morgan fingerprint density at radius 2 is 2.43 bits per heavy atom. The summed E-state index contributed by atoms with van der Waals surface area (Å²) in [6.07, 6.45) is 2.86. The third-order valence-electron chi connectivity index (χ3n) is 1.88. The minimum Gasteiger partial charge on any atom is -0.459 e. The van der Waals surface area contributed by atoms with Crippen molar-refractivity contribution in [3.63, 3.8) is 0 Å². The Morgan fingerprint density at radius 1 is 1.71 bits per heavy atom. The molecule has 0 fully saturated rings. The fourth-order valence-electron chi connectivity index (χ4n) is 0.870. The van der Waals surface area contributed by atoms with Crippen molar-refractivity contribution in [2.45, 2.75) is 26.4 Å². The molecule has 0 aliphatic rings. The number of aromatic nitrogens is 1. The molecular formula is C10H12FNO2. The summed E-state index contributed by atoms with van der Waals surface area (Å²) in [5, 5.41) is 0. The normalized spacial score (nSPS) is 12.2. The number of nitrogens with zero attached hydrogens (tertiary/aromatic N) is 1. The van der Waals surface area contributed by atoms with E-state index >= 15 is 0 Å². The molecule has 0 N–H and O–H groups in total. The fraction of sp³-hybridized carbons (Fsp3) is 0.400. The van der Waals surface area contributed by atoms with E-state index in [0.717, 1.165) is 6.20 Å². The molecule has 1 heterocycles. The van der Waals surface area contributed by atoms with Crippen molar-refractivity contribution in [1.29, 1.82) is 0 Å². The van der Waals surface area contributed by atoms with Crippen molar-refractivity contribution in [2.24, 2.45) is 0 Å². The van der Waals surface area contributed by atoms with Crippen LogP contribution in [0.15, 0.2) is 18.5 Å². The number of carbonyl (C=O) groups is 1. The van der Waals surface area contributed by atoms with E-state index < -0.39 is 11.8 Å². The number of esters is 1. The molecular weight excluding hydrogens is 185 g/mol. The summed E-state index contributed by atoms with van der Waals surface area (Å²) in [7, 11) is 0. The summed E-state index contributed by atoms with van der Waals surface area (Å²) in [5.41, 5.74) is -0.0692. The second-order valence-corrected chi connectivity index (χ2v) is 2.98. The highest BCUT2D eigenvalue weighted by molar-refractivity contribution is 5.89. The van der Waals surface area contributed by atoms with Gasteiger partial charge in [-0.1, -0.05) is 6.92 Å². The summed E-state index contributed by atoms with van der Waals surface area (Å²) in [4.78, 5) is 14.9. The van der Waals surface area contributed by atoms with Gasteiger partial charge in [0.1, 0.15) is 0 Å². The Labute approximate surface area is 81.9 Å². The van der Waals surface area contributed by atoms with Crippen molar-refractivity contribution in [3.05, 3.63) is 29.8 Å². The standard InChI is InChI=1S/C10H12FNO2/c1-3-7(2)14-10(13)8-4-5-12-6-9(8)11/h4-7H,3H2,1-2H3. The van der Waals surface area contributed by atoms with Gasteiger partial charge in [0, 0.05) is 6.20 Å². The first-order valence-electron chi connectivity index (χ1n) is 4.45. The molecule has 0 bridgehead atoms. The van der Waals surface area contributed by atoms with Gasteiger partial charge in [-0.3, -0.25) is 4.98 Å². The molecule has 0 radical (unpaired) electrons. The van der Waals surface area contributed by atoms with Gasteiger partial charge < -0.3 is 4.74 Å². The van der Waals surface area contributed by atoms with E-state index in [4.69, 9.17) is 4.74 Å². The van der Waals surface area contributed by atoms with Gasteiger partial charge >= 0.3 is 5.97 Å². The maximum absolute atomic E-state index is 13.0. The molecule has 4 heteroatoms. The predicted molar refractivity (Wildman–Crippen MR) is 49.4 cm³/mol. The molecule has 14 heavy (non-hydrogen) atoms. The first-order valence-corrected chi connectivity index (χ1v) is 4.45. The van der Waals surface area contributed by atoms with Crippen LogP contribution < -0.4 is 0 Å². The maximum atomic E-state index is 13.0. The largest absolute Gasteiger partial charge is 0.459 e. The van der Waals surface area contributed by atoms with Crippen LogP contribution >= 0.6 is 0 Å². The maximum Gasteiger partial charge on any atom is 0.341 e. The molecule has 1 aromatic heterocycles. The van der Waals surface area contributed by atoms with E-state index in [1.54, 1.807) is 6.92 Å². The van der Waals surface area contributed by atoms with Crippen LogP contribution in [0.2, 0.25) is 0 Å². The first-order chi connectivity index (χ1) is 6.65. The third-order valence-corrected chi connectivity index (χ3v) is 1.88. The van der Waals surface area contributed by atoms with Crippen LogP contribution in [0.5, 0.6) is 0 Å². The molecule has 3 nitrogen and oxygen atoms in total. The second-order valence-electron chi connectivity index (χ2n) is 2.98. The molecule has 0 aliphatic carbocycles. The van der Waals surface area contributed by atoms with Gasteiger partial charge in [0.25, 0.3) is 0 Å². The van der Waals surface area contributed by atoms with E-state index in [1.807, 2.05) is 6.92 Å². The highest BCUT2D eigenvalue weighted by Gasteiger charge is 2.14. The fourth-order valence-corrected chi connectivity index (χ4v) is 0.870. The average molecular weight is 197 g/mol. The van der Waals surface area contributed by atoms with Crippen molar-refractivity contribution in [3.8, 4) is 0 Å². The number of halogens is 1. The van der Waals surface area contributed by atoms with E-state index in [2.05, 4.69) is 4.98 Å². The van der Waals surface area contributed by atoms with Gasteiger partial charge in [0.05, 0.1) is 17.9 Å². The average Bonchev–Trinajstić information content (AvgIpc) is 2.18. The van der Waals surface area contributed by atoms with Crippen molar-refractivity contribution in [1.82, 2.24) is 4.98 Å². The smallest absolute Gasteiger partial charge is 0.341 e. The molecule has 0 amide bonds. The lowest BCUT2D eigenvalue weighted by Gasteiger charge is -2.10. The zero-order valence-electron chi connectivity index (χ0n) is 8.16. The molecule has 76 valence electrons. The molecule has 1 unspecified atom stereocenters. The molecule has 0 aliphatic heterocycles. The molecule has 1 rings (SSSR count). The van der Waals surface area contributed by atoms with Gasteiger partial charge in [-0.25, -0.2) is 9.18 Å². The summed E-state index contributed by atoms with van der Waals surface area (Å²) in [6.45, 7) is 3.65. The lowest BCUT2D eigenvalue weighted by atomic mass is 10.2. The molecule has 0 aromatic carbocycles. The number of pyridine rings is 1. The highest BCUT2D eigenvalue weighted by Crippen LogP contribution is 2.08. The first kappa shape index (κ1) is 10.6. The van der Waals surface area contributed by atoms with Crippen LogP contribution in [-0.2, 0) is 4.74 Å². The van der Waals surface area contributed by atoms with Crippen LogP contribution in [0.3, 0.4) is 0 Å². The topological polar surface area (TPSA) is 39.2 Å². The van der Waals surface area contributed by atoms with Gasteiger partial charge in [0.15, 0.2) is 5.82 Å². The molecule has 0 saturated carbocycles. The summed E-state index contributed by atoms with van der Waals surface area (Å²) < 4.78 is 18.0. The van der Waals surface area contributed by atoms with E-state index in [1.165, 1.54) is 12.3 Å². The molecule has 1 atom stereocenters. The van der Waals surface area contributed by atoms with E-state index in [0.29, 0.717) is 6.42 Å². The zero-order valence-corrected chi connectivity index (χ0v) is 8.16. The SMILES string of the molecule is CCC(C)OC(=O)c1ccncc1F. The Hall–Kier alpha value is -1.45. The summed E-state index contributed by atoms with van der Waals surface area (Å²) in [6, 6.07) is 1.31. The van der Waals surface area contributed by atoms with Crippen molar-refractivity contribution >= 4 is 5.97 Å². The Kier molecular flexibility index (Phi) is 3.56. The number of hydrogen-bond acceptors (Lipinski definition) is 3. The molecule has 0 spiro atoms. The van der Waals surface area contributed by atoms with E-state index in [-0.39, 0.29) is 11.7 Å². The van der Waals surface area contributed by atoms with Crippen LogP contribution in [0.25, 0.3) is 0 Å². The Morgan fingerprint density at radius 3 is 3.00 bits per heavy atom. The summed E-state index contributed by atoms with van der Waals surface area (Å²) >= 11 is 0. The Bertz CT molecular complexity index is 328. The minimum atomic E-state index is -0.652. The lowest BCUT2D eigenvalue weighted by Crippen LogP contribution is -2.15. The zero-order chi connectivity index (χ0) is 10.6. The van der Waals surface area contributed by atoms with Gasteiger partial charge in [-0.2, -0.15) is 0 Å². The monoisotopic (exact) mass is 197 g/mol. The number of hydrogen-bond donors (Lipinski definition) is 0. The molecule has 0 saturated heterocycles. The minimum absolute atomic E-state index is 0.0692. The Balaban J connectivity index is 2.75.